The van der Waals surface area contributed by atoms with E-state index in [4.69, 9.17) is 0 Å². The number of nitrogens with one attached hydrogen (secondary N) is 1. The quantitative estimate of drug-likeness (QED) is 0.844. The van der Waals surface area contributed by atoms with Gasteiger partial charge in [0, 0.05) is 31.9 Å². The van der Waals surface area contributed by atoms with Crippen LogP contribution in [-0.2, 0) is 21.2 Å². The molecule has 2 heterocycles. The Morgan fingerprint density at radius 1 is 1.38 bits per heavy atom. The lowest BCUT2D eigenvalue weighted by Crippen LogP contribution is -2.62. The summed E-state index contributed by atoms with van der Waals surface area (Å²) in [6.07, 6.45) is 3.62. The second-order valence-corrected chi connectivity index (χ2v) is 9.00. The van der Waals surface area contributed by atoms with Gasteiger partial charge in [-0.25, -0.2) is 8.42 Å². The minimum absolute atomic E-state index is 0.0487. The van der Waals surface area contributed by atoms with Gasteiger partial charge in [0.15, 0.2) is 9.84 Å². The number of aliphatic carboxylic acids is 1. The minimum atomic E-state index is -3.19. The molecule has 3 rings (SSSR count). The van der Waals surface area contributed by atoms with Gasteiger partial charge in [0.05, 0.1) is 10.3 Å². The van der Waals surface area contributed by atoms with Crippen molar-refractivity contribution >= 4 is 15.8 Å². The van der Waals surface area contributed by atoms with Crippen LogP contribution in [0.5, 0.6) is 0 Å². The molecule has 0 aromatic heterocycles. The Balaban J connectivity index is 1.73. The Morgan fingerprint density at radius 2 is 2.08 bits per heavy atom. The molecule has 2 N–H and O–H groups in total. The third kappa shape index (κ3) is 3.34. The van der Waals surface area contributed by atoms with E-state index in [1.54, 1.807) is 12.1 Å². The van der Waals surface area contributed by atoms with E-state index in [1.165, 1.54) is 6.26 Å². The van der Waals surface area contributed by atoms with Gasteiger partial charge in [0.25, 0.3) is 0 Å². The highest BCUT2D eigenvalue weighted by atomic mass is 32.2. The second kappa shape index (κ2) is 6.46. The molecule has 1 aromatic rings. The molecular weight excluding hydrogens is 328 g/mol. The average molecular weight is 352 g/mol. The predicted octanol–water partition coefficient (Wildman–Crippen LogP) is 1.12. The van der Waals surface area contributed by atoms with Crippen molar-refractivity contribution in [1.82, 2.24) is 10.2 Å². The summed E-state index contributed by atoms with van der Waals surface area (Å²) in [4.78, 5) is 14.4. The Hall–Kier alpha value is -1.44. The van der Waals surface area contributed by atoms with Gasteiger partial charge in [-0.2, -0.15) is 0 Å². The van der Waals surface area contributed by atoms with Gasteiger partial charge < -0.3 is 10.4 Å². The van der Waals surface area contributed by atoms with E-state index in [1.807, 2.05) is 12.1 Å². The summed E-state index contributed by atoms with van der Waals surface area (Å²) in [5.74, 6) is -0.711. The van der Waals surface area contributed by atoms with Crippen molar-refractivity contribution in [1.29, 1.82) is 0 Å². The minimum Gasteiger partial charge on any atom is -0.481 e. The molecule has 1 aromatic carbocycles. The van der Waals surface area contributed by atoms with Crippen LogP contribution in [0, 0.1) is 5.41 Å². The summed E-state index contributed by atoms with van der Waals surface area (Å²) >= 11 is 0. The molecule has 2 atom stereocenters. The van der Waals surface area contributed by atoms with Crippen LogP contribution in [0.25, 0.3) is 0 Å². The van der Waals surface area contributed by atoms with E-state index in [-0.39, 0.29) is 6.04 Å². The number of carbonyl (C=O) groups is 1. The van der Waals surface area contributed by atoms with Crippen LogP contribution in [0.2, 0.25) is 0 Å². The summed E-state index contributed by atoms with van der Waals surface area (Å²) in [6.45, 7) is 2.92. The van der Waals surface area contributed by atoms with Crippen LogP contribution in [0.1, 0.15) is 24.8 Å². The lowest BCUT2D eigenvalue weighted by atomic mass is 9.70. The van der Waals surface area contributed by atoms with Crippen molar-refractivity contribution in [2.24, 2.45) is 5.41 Å². The van der Waals surface area contributed by atoms with E-state index < -0.39 is 21.2 Å². The lowest BCUT2D eigenvalue weighted by Gasteiger charge is -2.48. The van der Waals surface area contributed by atoms with Gasteiger partial charge in [0.1, 0.15) is 0 Å². The largest absolute Gasteiger partial charge is 0.481 e. The molecule has 132 valence electrons. The molecular formula is C17H24N2O4S. The number of hydrogen-bond donors (Lipinski definition) is 2. The fourth-order valence-corrected chi connectivity index (χ4v) is 4.60. The fourth-order valence-electron chi connectivity index (χ4n) is 3.97. The number of carboxylic acids is 1. The number of hydrogen-bond acceptors (Lipinski definition) is 5. The van der Waals surface area contributed by atoms with Crippen molar-refractivity contribution in [3.05, 3.63) is 29.8 Å². The topological polar surface area (TPSA) is 86.7 Å². The highest BCUT2D eigenvalue weighted by Crippen LogP contribution is 2.38. The number of likely N-dealkylation sites (tertiary alicyclic amines) is 1. The smallest absolute Gasteiger partial charge is 0.312 e. The molecule has 0 bridgehead atoms. The highest BCUT2D eigenvalue weighted by molar-refractivity contribution is 7.90. The monoisotopic (exact) mass is 352 g/mol. The first-order chi connectivity index (χ1) is 11.3. The van der Waals surface area contributed by atoms with Crippen LogP contribution in [0.15, 0.2) is 29.2 Å². The number of sulfone groups is 1. The number of benzene rings is 1. The van der Waals surface area contributed by atoms with E-state index >= 15 is 0 Å². The molecule has 2 aliphatic rings. The second-order valence-electron chi connectivity index (χ2n) is 6.99. The van der Waals surface area contributed by atoms with E-state index in [2.05, 4.69) is 10.2 Å². The molecule has 24 heavy (non-hydrogen) atoms. The van der Waals surface area contributed by atoms with Crippen molar-refractivity contribution < 1.29 is 18.3 Å². The molecule has 2 unspecified atom stereocenters. The molecule has 0 aliphatic carbocycles. The Bertz CT molecular complexity index is 717. The fraction of sp³-hybridized carbons (Fsp3) is 0.588. The maximum absolute atomic E-state index is 11.9. The molecule has 0 amide bonds. The first kappa shape index (κ1) is 17.4. The molecule has 2 aliphatic heterocycles. The molecule has 7 heteroatoms. The highest BCUT2D eigenvalue weighted by Gasteiger charge is 2.50. The van der Waals surface area contributed by atoms with Crippen LogP contribution in [-0.4, -0.2) is 56.3 Å². The van der Waals surface area contributed by atoms with Gasteiger partial charge in [-0.05, 0) is 43.5 Å². The van der Waals surface area contributed by atoms with E-state index in [0.29, 0.717) is 24.4 Å². The maximum Gasteiger partial charge on any atom is 0.312 e. The summed E-state index contributed by atoms with van der Waals surface area (Å²) in [5.41, 5.74) is 0.300. The summed E-state index contributed by atoms with van der Waals surface area (Å²) in [6, 6.07) is 6.91. The van der Waals surface area contributed by atoms with Crippen LogP contribution in [0.3, 0.4) is 0 Å². The zero-order valence-corrected chi connectivity index (χ0v) is 14.7. The standard InChI is InChI=1S/C17H24N2O4S/c1-24(22,23)14-5-3-13(4-6-14)11-19-10-7-15-17(12-19,16(20)21)8-2-9-18-15/h3-6,15,18H,2,7-12H2,1H3,(H,20,21). The summed E-state index contributed by atoms with van der Waals surface area (Å²) in [7, 11) is -3.19. The van der Waals surface area contributed by atoms with Gasteiger partial charge in [-0.1, -0.05) is 12.1 Å². The Kier molecular flexibility index (Phi) is 4.68. The van der Waals surface area contributed by atoms with E-state index in [9.17, 15) is 18.3 Å². The number of rotatable bonds is 4. The molecule has 2 saturated heterocycles. The number of fused-ring (bicyclic) bond motifs is 1. The third-order valence-electron chi connectivity index (χ3n) is 5.28. The zero-order chi connectivity index (χ0) is 17.4. The molecule has 0 radical (unpaired) electrons. The van der Waals surface area contributed by atoms with Crippen LogP contribution >= 0.6 is 0 Å². The molecule has 2 fully saturated rings. The molecule has 0 spiro atoms. The SMILES string of the molecule is CS(=O)(=O)c1ccc(CN2CCC3NCCCC3(C(=O)O)C2)cc1. The number of piperidine rings is 2. The normalized spacial score (nSPS) is 28.3. The first-order valence-electron chi connectivity index (χ1n) is 8.29. The van der Waals surface area contributed by atoms with E-state index in [0.717, 1.165) is 31.5 Å². The maximum atomic E-state index is 11.9. The van der Waals surface area contributed by atoms with Gasteiger partial charge >= 0.3 is 5.97 Å². The van der Waals surface area contributed by atoms with Crippen LogP contribution in [0.4, 0.5) is 0 Å². The third-order valence-corrected chi connectivity index (χ3v) is 6.41. The lowest BCUT2D eigenvalue weighted by molar-refractivity contribution is -0.157. The van der Waals surface area contributed by atoms with Crippen molar-refractivity contribution in [3.8, 4) is 0 Å². The van der Waals surface area contributed by atoms with Crippen LogP contribution < -0.4 is 5.32 Å². The first-order valence-corrected chi connectivity index (χ1v) is 10.2. The summed E-state index contributed by atoms with van der Waals surface area (Å²) in [5, 5.41) is 13.2. The number of nitrogens with zero attached hydrogens (tertiary/aromatic N) is 1. The Morgan fingerprint density at radius 3 is 2.71 bits per heavy atom. The van der Waals surface area contributed by atoms with Crippen molar-refractivity contribution in [2.75, 3.05) is 25.9 Å². The van der Waals surface area contributed by atoms with Crippen molar-refractivity contribution in [3.63, 3.8) is 0 Å². The van der Waals surface area contributed by atoms with Crippen molar-refractivity contribution in [2.45, 2.75) is 36.7 Å². The summed E-state index contributed by atoms with van der Waals surface area (Å²) < 4.78 is 23.1. The predicted molar refractivity (Wildman–Crippen MR) is 90.5 cm³/mol. The zero-order valence-electron chi connectivity index (χ0n) is 13.9. The van der Waals surface area contributed by atoms with Gasteiger partial charge in [0.2, 0.25) is 0 Å². The Labute approximate surface area is 142 Å². The average Bonchev–Trinajstić information content (AvgIpc) is 2.54. The molecule has 6 nitrogen and oxygen atoms in total. The van der Waals surface area contributed by atoms with Gasteiger partial charge in [-0.15, -0.1) is 0 Å². The number of carboxylic acid groups (broad SMARTS) is 1. The van der Waals surface area contributed by atoms with Gasteiger partial charge in [-0.3, -0.25) is 9.69 Å². The molecule has 0 saturated carbocycles.